The summed E-state index contributed by atoms with van der Waals surface area (Å²) in [4.78, 5) is 11.9. The molecule has 0 atom stereocenters. The van der Waals surface area contributed by atoms with Crippen molar-refractivity contribution in [1.82, 2.24) is 0 Å². The third kappa shape index (κ3) is 4.09. The molecule has 4 nitrogen and oxygen atoms in total. The number of hydrogen-bond donors (Lipinski definition) is 1. The maximum absolute atomic E-state index is 11.9. The van der Waals surface area contributed by atoms with Gasteiger partial charge in [0, 0.05) is 17.8 Å². The van der Waals surface area contributed by atoms with E-state index in [0.717, 1.165) is 11.4 Å². The lowest BCUT2D eigenvalue weighted by atomic mass is 10.3. The Balaban J connectivity index is 1.92. The van der Waals surface area contributed by atoms with Gasteiger partial charge in [0.05, 0.1) is 6.61 Å². The number of nitrogens with zero attached hydrogens (tertiary/aromatic N) is 1. The van der Waals surface area contributed by atoms with E-state index < -0.39 is 0 Å². The highest BCUT2D eigenvalue weighted by atomic mass is 16.5. The highest BCUT2D eigenvalue weighted by molar-refractivity contribution is 5.89. The molecule has 0 saturated carbocycles. The van der Waals surface area contributed by atoms with Crippen molar-refractivity contribution in [3.63, 3.8) is 0 Å². The van der Waals surface area contributed by atoms with E-state index in [1.807, 2.05) is 67.2 Å². The Hall–Kier alpha value is -2.36. The number of pyridine rings is 1. The number of nitrogens with one attached hydrogen (secondary N) is 1. The maximum Gasteiger partial charge on any atom is 0.290 e. The zero-order valence-electron chi connectivity index (χ0n) is 11.8. The van der Waals surface area contributed by atoms with Gasteiger partial charge in [-0.25, -0.2) is 0 Å². The minimum atomic E-state index is -0.0528. The van der Waals surface area contributed by atoms with E-state index in [2.05, 4.69) is 5.32 Å². The molecule has 0 aliphatic heterocycles. The molecular weight excluding hydrogens is 252 g/mol. The number of hydrogen-bond acceptors (Lipinski definition) is 2. The van der Waals surface area contributed by atoms with Crippen molar-refractivity contribution >= 4 is 11.6 Å². The molecule has 2 rings (SSSR count). The Morgan fingerprint density at radius 3 is 2.40 bits per heavy atom. The van der Waals surface area contributed by atoms with Crippen LogP contribution in [0.1, 0.15) is 12.5 Å². The average Bonchev–Trinajstić information content (AvgIpc) is 2.44. The van der Waals surface area contributed by atoms with Crippen LogP contribution in [0.25, 0.3) is 0 Å². The number of anilines is 1. The van der Waals surface area contributed by atoms with Crippen molar-refractivity contribution in [2.75, 3.05) is 11.9 Å². The summed E-state index contributed by atoms with van der Waals surface area (Å²) in [5.41, 5.74) is 1.94. The van der Waals surface area contributed by atoms with E-state index in [9.17, 15) is 4.79 Å². The van der Waals surface area contributed by atoms with Crippen molar-refractivity contribution in [3.05, 3.63) is 54.4 Å². The Morgan fingerprint density at radius 2 is 1.80 bits per heavy atom. The number of aryl methyl sites for hydroxylation is 1. The van der Waals surface area contributed by atoms with E-state index in [1.165, 1.54) is 5.56 Å². The molecule has 0 aliphatic rings. The van der Waals surface area contributed by atoms with Crippen molar-refractivity contribution in [1.29, 1.82) is 0 Å². The van der Waals surface area contributed by atoms with E-state index in [4.69, 9.17) is 4.74 Å². The zero-order valence-corrected chi connectivity index (χ0v) is 11.8. The molecule has 4 heteroatoms. The van der Waals surface area contributed by atoms with Crippen molar-refractivity contribution in [2.45, 2.75) is 20.4 Å². The van der Waals surface area contributed by atoms with Crippen LogP contribution in [0, 0.1) is 6.92 Å². The molecule has 1 aromatic carbocycles. The first kappa shape index (κ1) is 14.1. The van der Waals surface area contributed by atoms with Gasteiger partial charge < -0.3 is 10.1 Å². The summed E-state index contributed by atoms with van der Waals surface area (Å²) >= 11 is 0. The molecule has 0 spiro atoms. The molecule has 0 fully saturated rings. The van der Waals surface area contributed by atoms with Crippen LogP contribution in [0.3, 0.4) is 0 Å². The molecule has 20 heavy (non-hydrogen) atoms. The van der Waals surface area contributed by atoms with Crippen molar-refractivity contribution in [3.8, 4) is 5.75 Å². The molecule has 0 aliphatic carbocycles. The number of amides is 1. The van der Waals surface area contributed by atoms with Crippen LogP contribution in [-0.2, 0) is 11.3 Å². The van der Waals surface area contributed by atoms with Gasteiger partial charge >= 0.3 is 0 Å². The second kappa shape index (κ2) is 6.70. The second-order valence-corrected chi connectivity index (χ2v) is 4.55. The minimum Gasteiger partial charge on any atom is -0.494 e. The van der Waals surface area contributed by atoms with Crippen molar-refractivity contribution < 1.29 is 14.1 Å². The standard InChI is InChI=1S/C16H18N2O2/c1-3-20-15-6-4-14(5-7-15)17-16(19)12-18-10-8-13(2)9-11-18/h4-11H,3,12H2,1-2H3/p+1. The minimum absolute atomic E-state index is 0.0528. The summed E-state index contributed by atoms with van der Waals surface area (Å²) in [5, 5.41) is 2.86. The van der Waals surface area contributed by atoms with Gasteiger partial charge in [-0.3, -0.25) is 4.79 Å². The van der Waals surface area contributed by atoms with Crippen LogP contribution in [0.5, 0.6) is 5.75 Å². The van der Waals surface area contributed by atoms with Crippen LogP contribution < -0.4 is 14.6 Å². The summed E-state index contributed by atoms with van der Waals surface area (Å²) in [6.45, 7) is 4.89. The largest absolute Gasteiger partial charge is 0.494 e. The third-order valence-corrected chi connectivity index (χ3v) is 2.83. The van der Waals surface area contributed by atoms with Gasteiger partial charge in [0.2, 0.25) is 6.54 Å². The molecule has 2 aromatic rings. The molecule has 1 amide bonds. The first-order chi connectivity index (χ1) is 9.67. The monoisotopic (exact) mass is 271 g/mol. The molecule has 0 saturated heterocycles. The number of benzene rings is 1. The number of carbonyl (C=O) groups is 1. The topological polar surface area (TPSA) is 42.2 Å². The predicted octanol–water partition coefficient (Wildman–Crippen LogP) is 2.32. The van der Waals surface area contributed by atoms with Crippen LogP contribution >= 0.6 is 0 Å². The maximum atomic E-state index is 11.9. The lowest BCUT2D eigenvalue weighted by Gasteiger charge is -2.05. The quantitative estimate of drug-likeness (QED) is 0.848. The predicted molar refractivity (Wildman–Crippen MR) is 77.6 cm³/mol. The zero-order chi connectivity index (χ0) is 14.4. The third-order valence-electron chi connectivity index (χ3n) is 2.83. The van der Waals surface area contributed by atoms with Gasteiger partial charge in [-0.2, -0.15) is 4.57 Å². The Bertz CT molecular complexity index is 562. The molecular formula is C16H19N2O2+. The smallest absolute Gasteiger partial charge is 0.290 e. The molecule has 0 bridgehead atoms. The van der Waals surface area contributed by atoms with Gasteiger partial charge in [-0.15, -0.1) is 0 Å². The summed E-state index contributed by atoms with van der Waals surface area (Å²) in [6.07, 6.45) is 3.79. The van der Waals surface area contributed by atoms with Gasteiger partial charge in [0.25, 0.3) is 5.91 Å². The summed E-state index contributed by atoms with van der Waals surface area (Å²) < 4.78 is 7.20. The van der Waals surface area contributed by atoms with Gasteiger partial charge in [0.15, 0.2) is 12.4 Å². The average molecular weight is 271 g/mol. The van der Waals surface area contributed by atoms with E-state index in [0.29, 0.717) is 13.2 Å². The van der Waals surface area contributed by atoms with Crippen LogP contribution in [0.4, 0.5) is 5.69 Å². The fraction of sp³-hybridized carbons (Fsp3) is 0.250. The highest BCUT2D eigenvalue weighted by Gasteiger charge is 2.09. The number of ether oxygens (including phenoxy) is 1. The number of carbonyl (C=O) groups excluding carboxylic acids is 1. The summed E-state index contributed by atoms with van der Waals surface area (Å²) in [5.74, 6) is 0.751. The molecule has 1 aromatic heterocycles. The van der Waals surface area contributed by atoms with Crippen LogP contribution in [-0.4, -0.2) is 12.5 Å². The second-order valence-electron chi connectivity index (χ2n) is 4.55. The number of aromatic nitrogens is 1. The van der Waals surface area contributed by atoms with Crippen LogP contribution in [0.15, 0.2) is 48.8 Å². The first-order valence-electron chi connectivity index (χ1n) is 6.66. The molecule has 1 N–H and O–H groups in total. The lowest BCUT2D eigenvalue weighted by molar-refractivity contribution is -0.684. The highest BCUT2D eigenvalue weighted by Crippen LogP contribution is 2.15. The normalized spacial score (nSPS) is 10.1. The summed E-state index contributed by atoms with van der Waals surface area (Å²) in [7, 11) is 0. The molecule has 1 heterocycles. The fourth-order valence-corrected chi connectivity index (χ4v) is 1.80. The molecule has 0 radical (unpaired) electrons. The SMILES string of the molecule is CCOc1ccc(NC(=O)C[n+]2ccc(C)cc2)cc1. The molecule has 104 valence electrons. The van der Waals surface area contributed by atoms with E-state index in [-0.39, 0.29) is 5.91 Å². The van der Waals surface area contributed by atoms with Gasteiger partial charge in [-0.05, 0) is 43.7 Å². The summed E-state index contributed by atoms with van der Waals surface area (Å²) in [6, 6.07) is 11.3. The van der Waals surface area contributed by atoms with Crippen molar-refractivity contribution in [2.24, 2.45) is 0 Å². The Morgan fingerprint density at radius 1 is 1.15 bits per heavy atom. The fourth-order valence-electron chi connectivity index (χ4n) is 1.80. The molecule has 0 unspecified atom stereocenters. The first-order valence-corrected chi connectivity index (χ1v) is 6.66. The van der Waals surface area contributed by atoms with E-state index >= 15 is 0 Å². The number of rotatable bonds is 5. The Labute approximate surface area is 119 Å². The van der Waals surface area contributed by atoms with Crippen LogP contribution in [0.2, 0.25) is 0 Å². The lowest BCUT2D eigenvalue weighted by Crippen LogP contribution is -2.39. The Kier molecular flexibility index (Phi) is 4.71. The van der Waals surface area contributed by atoms with E-state index in [1.54, 1.807) is 0 Å². The van der Waals surface area contributed by atoms with Gasteiger partial charge in [0.1, 0.15) is 5.75 Å². The van der Waals surface area contributed by atoms with Gasteiger partial charge in [-0.1, -0.05) is 0 Å².